The smallest absolute Gasteiger partial charge is 0.209 e. The van der Waals surface area contributed by atoms with Gasteiger partial charge in [-0.2, -0.15) is 0 Å². The summed E-state index contributed by atoms with van der Waals surface area (Å²) in [6.07, 6.45) is 0.750. The second-order valence-electron chi connectivity index (χ2n) is 2.55. The van der Waals surface area contributed by atoms with E-state index in [-0.39, 0.29) is 5.75 Å². The van der Waals surface area contributed by atoms with Gasteiger partial charge in [0.05, 0.1) is 0 Å². The lowest BCUT2D eigenvalue weighted by molar-refractivity contribution is -0.115. The Morgan fingerprint density at radius 1 is 1.31 bits per heavy atom. The Balaban J connectivity index is 0.000000252. The fourth-order valence-corrected chi connectivity index (χ4v) is 0.567. The fraction of sp³-hybridized carbons (Fsp3) is 0.222. The van der Waals surface area contributed by atoms with E-state index in [1.54, 1.807) is 38.4 Å². The lowest BCUT2D eigenvalue weighted by Gasteiger charge is -1.93. The molecule has 3 nitrogen and oxygen atoms in total. The summed E-state index contributed by atoms with van der Waals surface area (Å²) >= 11 is 5.50. The minimum atomic E-state index is 0.245. The molecule has 1 N–H and O–H groups in total. The number of rotatable bonds is 1. The molecule has 0 aliphatic carbocycles. The first kappa shape index (κ1) is 11.8. The monoisotopic (exact) mass is 201 g/mol. The summed E-state index contributed by atoms with van der Waals surface area (Å²) in [6, 6.07) is 6.36. The molecule has 0 heterocycles. The Morgan fingerprint density at radius 3 is 1.92 bits per heavy atom. The zero-order chi connectivity index (χ0) is 10.3. The topological polar surface area (TPSA) is 40.5 Å². The lowest BCUT2D eigenvalue weighted by Crippen LogP contribution is -2.06. The highest BCUT2D eigenvalue weighted by Gasteiger charge is 1.84. The van der Waals surface area contributed by atoms with Crippen LogP contribution < -0.4 is 0 Å². The average molecular weight is 202 g/mol. The molecular weight excluding hydrogens is 190 g/mol. The van der Waals surface area contributed by atoms with Crippen LogP contribution in [0.15, 0.2) is 24.3 Å². The first-order valence-electron chi connectivity index (χ1n) is 3.62. The number of aromatic hydroxyl groups is 1. The van der Waals surface area contributed by atoms with Crippen LogP contribution >= 0.6 is 11.6 Å². The number of hydrogen-bond acceptors (Lipinski definition) is 2. The quantitative estimate of drug-likeness (QED) is 0.704. The molecule has 1 aromatic carbocycles. The molecule has 1 aromatic rings. The third-order valence-corrected chi connectivity index (χ3v) is 1.29. The minimum Gasteiger partial charge on any atom is -0.508 e. The largest absolute Gasteiger partial charge is 0.508 e. The summed E-state index contributed by atoms with van der Waals surface area (Å²) in [4.78, 5) is 10.9. The number of phenols is 1. The minimum absolute atomic E-state index is 0.245. The molecule has 0 saturated heterocycles. The van der Waals surface area contributed by atoms with Crippen LogP contribution in [-0.2, 0) is 4.79 Å². The van der Waals surface area contributed by atoms with Gasteiger partial charge in [0.25, 0.3) is 0 Å². The van der Waals surface area contributed by atoms with Crippen molar-refractivity contribution in [2.45, 2.75) is 0 Å². The summed E-state index contributed by atoms with van der Waals surface area (Å²) < 4.78 is 0. The van der Waals surface area contributed by atoms with E-state index in [1.165, 1.54) is 4.90 Å². The van der Waals surface area contributed by atoms with Crippen LogP contribution in [0, 0.1) is 0 Å². The highest BCUT2D eigenvalue weighted by atomic mass is 35.5. The maximum atomic E-state index is 9.43. The van der Waals surface area contributed by atoms with Crippen molar-refractivity contribution in [3.8, 4) is 5.75 Å². The molecule has 1 amide bonds. The molecule has 72 valence electrons. The van der Waals surface area contributed by atoms with Crippen LogP contribution in [0.1, 0.15) is 0 Å². The average Bonchev–Trinajstić information content (AvgIpc) is 2.11. The molecular formula is C9H12ClNO2. The Hall–Kier alpha value is -1.22. The van der Waals surface area contributed by atoms with Gasteiger partial charge in [0.2, 0.25) is 6.41 Å². The molecule has 0 aliphatic rings. The summed E-state index contributed by atoms with van der Waals surface area (Å²) in [5.74, 6) is 0.245. The van der Waals surface area contributed by atoms with E-state index in [9.17, 15) is 4.79 Å². The van der Waals surface area contributed by atoms with E-state index in [0.717, 1.165) is 6.41 Å². The van der Waals surface area contributed by atoms with Gasteiger partial charge in [-0.3, -0.25) is 4.79 Å². The summed E-state index contributed by atoms with van der Waals surface area (Å²) in [5.41, 5.74) is 0. The van der Waals surface area contributed by atoms with Gasteiger partial charge >= 0.3 is 0 Å². The van der Waals surface area contributed by atoms with Crippen molar-refractivity contribution in [3.63, 3.8) is 0 Å². The van der Waals surface area contributed by atoms with E-state index in [1.807, 2.05) is 0 Å². The van der Waals surface area contributed by atoms with E-state index >= 15 is 0 Å². The van der Waals surface area contributed by atoms with Crippen LogP contribution in [0.25, 0.3) is 0 Å². The van der Waals surface area contributed by atoms with Crippen LogP contribution in [0.5, 0.6) is 5.75 Å². The van der Waals surface area contributed by atoms with Gasteiger partial charge in [-0.25, -0.2) is 0 Å². The summed E-state index contributed by atoms with van der Waals surface area (Å²) in [7, 11) is 3.38. The maximum Gasteiger partial charge on any atom is 0.209 e. The number of benzene rings is 1. The number of halogens is 1. The molecule has 0 aromatic heterocycles. The number of amides is 1. The number of carbonyl (C=O) groups excluding carboxylic acids is 1. The summed E-state index contributed by atoms with van der Waals surface area (Å²) in [6.45, 7) is 0. The molecule has 0 saturated carbocycles. The first-order valence-corrected chi connectivity index (χ1v) is 4.00. The Morgan fingerprint density at radius 2 is 1.69 bits per heavy atom. The predicted molar refractivity (Wildman–Crippen MR) is 52.9 cm³/mol. The molecule has 13 heavy (non-hydrogen) atoms. The van der Waals surface area contributed by atoms with Crippen LogP contribution in [0.3, 0.4) is 0 Å². The van der Waals surface area contributed by atoms with Crippen LogP contribution in [-0.4, -0.2) is 30.5 Å². The second-order valence-corrected chi connectivity index (χ2v) is 2.98. The van der Waals surface area contributed by atoms with Gasteiger partial charge in [-0.1, -0.05) is 11.6 Å². The van der Waals surface area contributed by atoms with E-state index < -0.39 is 0 Å². The molecule has 0 unspecified atom stereocenters. The van der Waals surface area contributed by atoms with Crippen molar-refractivity contribution in [2.24, 2.45) is 0 Å². The van der Waals surface area contributed by atoms with Gasteiger partial charge in [0.1, 0.15) is 5.75 Å². The molecule has 0 spiro atoms. The van der Waals surface area contributed by atoms with Crippen molar-refractivity contribution in [2.75, 3.05) is 14.1 Å². The molecule has 0 fully saturated rings. The van der Waals surface area contributed by atoms with Gasteiger partial charge in [-0.05, 0) is 24.3 Å². The Kier molecular flexibility index (Phi) is 5.72. The number of nitrogens with zero attached hydrogens (tertiary/aromatic N) is 1. The number of hydrogen-bond donors (Lipinski definition) is 1. The van der Waals surface area contributed by atoms with Crippen LogP contribution in [0.2, 0.25) is 5.02 Å². The molecule has 0 radical (unpaired) electrons. The van der Waals surface area contributed by atoms with E-state index in [0.29, 0.717) is 5.02 Å². The Labute approximate surface area is 82.6 Å². The molecule has 0 bridgehead atoms. The third-order valence-electron chi connectivity index (χ3n) is 1.04. The zero-order valence-corrected chi connectivity index (χ0v) is 8.32. The maximum absolute atomic E-state index is 9.43. The third kappa shape index (κ3) is 7.15. The molecule has 0 atom stereocenters. The standard InChI is InChI=1S/C6H5ClO.C3H7NO/c7-5-1-3-6(8)4-2-5;1-4(2)3-5/h1-4,8H;3H,1-2H3. The molecule has 0 aliphatic heterocycles. The normalized spacial score (nSPS) is 8.23. The number of carbonyl (C=O) groups is 1. The van der Waals surface area contributed by atoms with Crippen molar-refractivity contribution in [1.29, 1.82) is 0 Å². The van der Waals surface area contributed by atoms with Crippen molar-refractivity contribution in [1.82, 2.24) is 4.90 Å². The lowest BCUT2D eigenvalue weighted by atomic mass is 10.3. The van der Waals surface area contributed by atoms with Crippen LogP contribution in [0.4, 0.5) is 0 Å². The SMILES string of the molecule is CN(C)C=O.Oc1ccc(Cl)cc1. The molecule has 4 heteroatoms. The number of phenolic OH excluding ortho intramolecular Hbond substituents is 1. The summed E-state index contributed by atoms with van der Waals surface area (Å²) in [5, 5.41) is 9.34. The first-order chi connectivity index (χ1) is 6.06. The van der Waals surface area contributed by atoms with Crippen molar-refractivity contribution >= 4 is 18.0 Å². The fourth-order valence-electron chi connectivity index (χ4n) is 0.441. The van der Waals surface area contributed by atoms with Gasteiger partial charge < -0.3 is 10.0 Å². The van der Waals surface area contributed by atoms with E-state index in [4.69, 9.17) is 16.7 Å². The van der Waals surface area contributed by atoms with Crippen molar-refractivity contribution < 1.29 is 9.90 Å². The molecule has 1 rings (SSSR count). The second kappa shape index (κ2) is 6.31. The van der Waals surface area contributed by atoms with Crippen molar-refractivity contribution in [3.05, 3.63) is 29.3 Å². The Bertz CT molecular complexity index is 225. The highest BCUT2D eigenvalue weighted by Crippen LogP contribution is 2.12. The predicted octanol–water partition coefficient (Wildman–Crippen LogP) is 1.75. The van der Waals surface area contributed by atoms with E-state index in [2.05, 4.69) is 0 Å². The highest BCUT2D eigenvalue weighted by molar-refractivity contribution is 6.30. The van der Waals surface area contributed by atoms with Gasteiger partial charge in [-0.15, -0.1) is 0 Å². The van der Waals surface area contributed by atoms with Gasteiger partial charge in [0, 0.05) is 19.1 Å². The zero-order valence-electron chi connectivity index (χ0n) is 7.57. The van der Waals surface area contributed by atoms with Gasteiger partial charge in [0.15, 0.2) is 0 Å².